The van der Waals surface area contributed by atoms with Crippen molar-refractivity contribution in [3.8, 4) is 6.07 Å². The van der Waals surface area contributed by atoms with E-state index in [9.17, 15) is 9.90 Å². The first kappa shape index (κ1) is 16.4. The number of carbonyl (C=O) groups is 1. The number of rotatable bonds is 4. The molecule has 0 spiro atoms. The van der Waals surface area contributed by atoms with Crippen LogP contribution in [0, 0.1) is 18.3 Å². The van der Waals surface area contributed by atoms with Gasteiger partial charge in [0.2, 0.25) is 0 Å². The molecule has 0 aromatic heterocycles. The molecule has 1 aromatic rings. The highest BCUT2D eigenvalue weighted by Gasteiger charge is 2.43. The first-order valence-corrected chi connectivity index (χ1v) is 7.39. The Kier molecular flexibility index (Phi) is 4.79. The third kappa shape index (κ3) is 3.11. The van der Waals surface area contributed by atoms with E-state index in [1.807, 2.05) is 6.07 Å². The molecule has 1 aromatic carbocycles. The van der Waals surface area contributed by atoms with Gasteiger partial charge in [0, 0.05) is 12.2 Å². The molecule has 0 heterocycles. The van der Waals surface area contributed by atoms with Crippen molar-refractivity contribution < 1.29 is 15.0 Å². The van der Waals surface area contributed by atoms with Crippen LogP contribution in [0.25, 0.3) is 0 Å². The molecule has 0 radical (unpaired) electrons. The van der Waals surface area contributed by atoms with E-state index < -0.39 is 17.7 Å². The van der Waals surface area contributed by atoms with Crippen LogP contribution < -0.4 is 10.6 Å². The van der Waals surface area contributed by atoms with Crippen molar-refractivity contribution >= 4 is 23.4 Å². The summed E-state index contributed by atoms with van der Waals surface area (Å²) in [6, 6.07) is 5.35. The van der Waals surface area contributed by atoms with Gasteiger partial charge in [0.15, 0.2) is 0 Å². The van der Waals surface area contributed by atoms with E-state index in [0.717, 1.165) is 17.7 Å². The summed E-state index contributed by atoms with van der Waals surface area (Å²) in [7, 11) is 0. The van der Waals surface area contributed by atoms with Gasteiger partial charge in [0.25, 0.3) is 0 Å². The van der Waals surface area contributed by atoms with Crippen molar-refractivity contribution in [2.45, 2.75) is 37.8 Å². The molecular formula is C15H18ClN3O3. The Morgan fingerprint density at radius 3 is 2.86 bits per heavy atom. The van der Waals surface area contributed by atoms with Gasteiger partial charge in [-0.3, -0.25) is 0 Å². The second-order valence-corrected chi connectivity index (χ2v) is 5.94. The summed E-state index contributed by atoms with van der Waals surface area (Å²) in [5, 5.41) is 34.1. The number of nitrogens with zero attached hydrogens (tertiary/aromatic N) is 1. The molecule has 0 aliphatic heterocycles. The number of hydrogen-bond donors (Lipinski definition) is 4. The number of aliphatic hydroxyl groups is 1. The van der Waals surface area contributed by atoms with Gasteiger partial charge in [0.1, 0.15) is 6.07 Å². The van der Waals surface area contributed by atoms with Crippen LogP contribution in [0.2, 0.25) is 5.02 Å². The smallest absolute Gasteiger partial charge is 0.405 e. The molecule has 0 saturated heterocycles. The zero-order valence-corrected chi connectivity index (χ0v) is 12.9. The van der Waals surface area contributed by atoms with Gasteiger partial charge >= 0.3 is 6.09 Å². The second-order valence-electron chi connectivity index (χ2n) is 5.56. The Hall–Kier alpha value is -1.97. The van der Waals surface area contributed by atoms with Crippen molar-refractivity contribution in [3.05, 3.63) is 28.3 Å². The number of amides is 1. The third-order valence-corrected chi connectivity index (χ3v) is 4.68. The fourth-order valence-electron chi connectivity index (χ4n) is 2.88. The minimum Gasteiger partial charge on any atom is -0.465 e. The monoisotopic (exact) mass is 323 g/mol. The van der Waals surface area contributed by atoms with Crippen LogP contribution in [0.15, 0.2) is 12.1 Å². The number of nitriles is 1. The molecule has 2 unspecified atom stereocenters. The maximum atomic E-state index is 11.0. The van der Waals surface area contributed by atoms with Crippen molar-refractivity contribution in [2.24, 2.45) is 0 Å². The average Bonchev–Trinajstić information content (AvgIpc) is 2.81. The van der Waals surface area contributed by atoms with Crippen LogP contribution in [-0.4, -0.2) is 34.5 Å². The van der Waals surface area contributed by atoms with Gasteiger partial charge in [0.05, 0.1) is 22.2 Å². The first-order valence-electron chi connectivity index (χ1n) is 7.02. The summed E-state index contributed by atoms with van der Waals surface area (Å²) >= 11 is 6.12. The lowest BCUT2D eigenvalue weighted by molar-refractivity contribution is 0.0883. The maximum absolute atomic E-state index is 11.0. The van der Waals surface area contributed by atoms with E-state index in [0.29, 0.717) is 23.4 Å². The fraction of sp³-hybridized carbons (Fsp3) is 0.467. The molecule has 1 saturated carbocycles. The van der Waals surface area contributed by atoms with E-state index in [4.69, 9.17) is 22.0 Å². The molecule has 1 amide bonds. The predicted octanol–water partition coefficient (Wildman–Crippen LogP) is 2.48. The topological polar surface area (TPSA) is 105 Å². The SMILES string of the molecule is Cc1c(NCC2(NC(=O)O)CCCC2O)ccc(C#N)c1Cl. The highest BCUT2D eigenvalue weighted by Crippen LogP contribution is 2.32. The molecule has 1 fully saturated rings. The Bertz CT molecular complexity index is 629. The number of carboxylic acid groups (broad SMARTS) is 1. The van der Waals surface area contributed by atoms with Gasteiger partial charge in [-0.25, -0.2) is 4.79 Å². The standard InChI is InChI=1S/C15H18ClN3O3/c1-9-11(5-4-10(7-17)13(9)16)18-8-15(19-14(21)22)6-2-3-12(15)20/h4-5,12,18-20H,2-3,6,8H2,1H3,(H,21,22). The van der Waals surface area contributed by atoms with Gasteiger partial charge in [-0.1, -0.05) is 11.6 Å². The van der Waals surface area contributed by atoms with Gasteiger partial charge < -0.3 is 20.8 Å². The van der Waals surface area contributed by atoms with Gasteiger partial charge in [-0.05, 0) is 43.9 Å². The van der Waals surface area contributed by atoms with Gasteiger partial charge in [-0.15, -0.1) is 0 Å². The molecular weight excluding hydrogens is 306 g/mol. The lowest BCUT2D eigenvalue weighted by Gasteiger charge is -2.33. The summed E-state index contributed by atoms with van der Waals surface area (Å²) in [6.07, 6.45) is 0.00422. The van der Waals surface area contributed by atoms with E-state index in [2.05, 4.69) is 10.6 Å². The number of halogens is 1. The van der Waals surface area contributed by atoms with Crippen LogP contribution in [-0.2, 0) is 0 Å². The lowest BCUT2D eigenvalue weighted by Crippen LogP contribution is -2.57. The molecule has 4 N–H and O–H groups in total. The van der Waals surface area contributed by atoms with Crippen molar-refractivity contribution in [3.63, 3.8) is 0 Å². The van der Waals surface area contributed by atoms with Crippen LogP contribution in [0.4, 0.5) is 10.5 Å². The summed E-state index contributed by atoms with van der Waals surface area (Å²) in [6.45, 7) is 2.04. The Balaban J connectivity index is 2.19. The molecule has 2 rings (SSSR count). The van der Waals surface area contributed by atoms with Crippen LogP contribution in [0.3, 0.4) is 0 Å². The minimum absolute atomic E-state index is 0.254. The van der Waals surface area contributed by atoms with E-state index in [-0.39, 0.29) is 6.54 Å². The third-order valence-electron chi connectivity index (χ3n) is 4.20. The zero-order valence-electron chi connectivity index (χ0n) is 12.2. The van der Waals surface area contributed by atoms with Gasteiger partial charge in [-0.2, -0.15) is 5.26 Å². The van der Waals surface area contributed by atoms with Crippen LogP contribution in [0.5, 0.6) is 0 Å². The Morgan fingerprint density at radius 2 is 2.32 bits per heavy atom. The second kappa shape index (κ2) is 6.42. The lowest BCUT2D eigenvalue weighted by atomic mass is 9.94. The highest BCUT2D eigenvalue weighted by atomic mass is 35.5. The molecule has 6 nitrogen and oxygen atoms in total. The van der Waals surface area contributed by atoms with Crippen molar-refractivity contribution in [2.75, 3.05) is 11.9 Å². The Morgan fingerprint density at radius 1 is 1.59 bits per heavy atom. The molecule has 7 heteroatoms. The number of benzene rings is 1. The largest absolute Gasteiger partial charge is 0.465 e. The highest BCUT2D eigenvalue weighted by molar-refractivity contribution is 6.32. The number of anilines is 1. The molecule has 1 aliphatic rings. The number of nitrogens with one attached hydrogen (secondary N) is 2. The summed E-state index contributed by atoms with van der Waals surface area (Å²) in [4.78, 5) is 11.0. The van der Waals surface area contributed by atoms with E-state index >= 15 is 0 Å². The minimum atomic E-state index is -1.16. The normalized spacial score (nSPS) is 23.8. The molecule has 0 bridgehead atoms. The van der Waals surface area contributed by atoms with Crippen molar-refractivity contribution in [1.82, 2.24) is 5.32 Å². The van der Waals surface area contributed by atoms with Crippen LogP contribution in [0.1, 0.15) is 30.4 Å². The Labute approximate surface area is 133 Å². The number of aliphatic hydroxyl groups excluding tert-OH is 1. The first-order chi connectivity index (χ1) is 10.4. The fourth-order valence-corrected chi connectivity index (χ4v) is 3.09. The molecule has 22 heavy (non-hydrogen) atoms. The summed E-state index contributed by atoms with van der Waals surface area (Å²) < 4.78 is 0. The quantitative estimate of drug-likeness (QED) is 0.681. The summed E-state index contributed by atoms with van der Waals surface area (Å²) in [5.41, 5.74) is 0.927. The maximum Gasteiger partial charge on any atom is 0.405 e. The average molecular weight is 324 g/mol. The zero-order chi connectivity index (χ0) is 16.3. The molecule has 2 atom stereocenters. The number of hydrogen-bond acceptors (Lipinski definition) is 4. The molecule has 118 valence electrons. The van der Waals surface area contributed by atoms with E-state index in [1.165, 1.54) is 0 Å². The van der Waals surface area contributed by atoms with Crippen LogP contribution >= 0.6 is 11.6 Å². The summed E-state index contributed by atoms with van der Waals surface area (Å²) in [5.74, 6) is 0. The molecule has 1 aliphatic carbocycles. The predicted molar refractivity (Wildman–Crippen MR) is 83.1 cm³/mol. The van der Waals surface area contributed by atoms with E-state index in [1.54, 1.807) is 19.1 Å². The van der Waals surface area contributed by atoms with Crippen molar-refractivity contribution in [1.29, 1.82) is 5.26 Å².